The second-order valence-electron chi connectivity index (χ2n) is 8.86. The molecule has 1 aliphatic rings. The van der Waals surface area contributed by atoms with Gasteiger partial charge in [0.1, 0.15) is 17.7 Å². The molecule has 3 rings (SSSR count). The number of aliphatic hydroxyl groups excluding tert-OH is 3. The van der Waals surface area contributed by atoms with Crippen LogP contribution in [0.2, 0.25) is 0 Å². The highest BCUT2D eigenvalue weighted by Gasteiger charge is 2.42. The molecule has 0 aliphatic carbocycles. The van der Waals surface area contributed by atoms with Crippen molar-refractivity contribution in [2.45, 2.75) is 63.5 Å². The summed E-state index contributed by atoms with van der Waals surface area (Å²) in [6.45, 7) is 1.73. The lowest BCUT2D eigenvalue weighted by atomic mass is 9.89. The Morgan fingerprint density at radius 2 is 1.89 bits per heavy atom. The first-order chi connectivity index (χ1) is 16.6. The number of rotatable bonds is 8. The second kappa shape index (κ2) is 11.2. The number of fused-ring (bicyclic) bond motifs is 1. The molecule has 6 nitrogen and oxygen atoms in total. The van der Waals surface area contributed by atoms with Crippen LogP contribution in [0.1, 0.15) is 44.6 Å². The summed E-state index contributed by atoms with van der Waals surface area (Å²) in [5, 5.41) is 39.2. The third kappa shape index (κ3) is 5.84. The van der Waals surface area contributed by atoms with Crippen LogP contribution >= 0.6 is 0 Å². The Morgan fingerprint density at radius 3 is 2.51 bits per heavy atom. The number of aliphatic hydroxyl groups is 3. The molecule has 35 heavy (non-hydrogen) atoms. The van der Waals surface area contributed by atoms with Crippen LogP contribution in [0.5, 0.6) is 0 Å². The summed E-state index contributed by atoms with van der Waals surface area (Å²) in [6.07, 6.45) is -6.45. The fourth-order valence-corrected chi connectivity index (χ4v) is 4.60. The van der Waals surface area contributed by atoms with Crippen molar-refractivity contribution in [2.75, 3.05) is 18.1 Å². The van der Waals surface area contributed by atoms with Crippen LogP contribution in [0.4, 0.5) is 18.9 Å². The van der Waals surface area contributed by atoms with E-state index in [0.29, 0.717) is 17.6 Å². The van der Waals surface area contributed by atoms with Gasteiger partial charge in [-0.1, -0.05) is 36.4 Å². The predicted molar refractivity (Wildman–Crippen MR) is 127 cm³/mol. The van der Waals surface area contributed by atoms with E-state index in [9.17, 15) is 33.4 Å². The number of nitriles is 1. The van der Waals surface area contributed by atoms with E-state index in [2.05, 4.69) is 0 Å². The van der Waals surface area contributed by atoms with Crippen molar-refractivity contribution in [3.63, 3.8) is 0 Å². The van der Waals surface area contributed by atoms with E-state index in [1.54, 1.807) is 30.3 Å². The highest BCUT2D eigenvalue weighted by Crippen LogP contribution is 2.45. The van der Waals surface area contributed by atoms with Crippen molar-refractivity contribution in [3.05, 3.63) is 47.5 Å². The largest absolute Gasteiger partial charge is 0.418 e. The van der Waals surface area contributed by atoms with Gasteiger partial charge < -0.3 is 20.2 Å². The highest BCUT2D eigenvalue weighted by molar-refractivity contribution is 6.10. The Kier molecular flexibility index (Phi) is 8.54. The number of Topliss-reactive ketones (excluding diaryl/α,β-unsaturated/α-hetero) is 1. The van der Waals surface area contributed by atoms with Gasteiger partial charge in [0.05, 0.1) is 24.0 Å². The van der Waals surface area contributed by atoms with Gasteiger partial charge >= 0.3 is 6.18 Å². The quantitative estimate of drug-likeness (QED) is 0.380. The fourth-order valence-electron chi connectivity index (χ4n) is 4.60. The van der Waals surface area contributed by atoms with Gasteiger partial charge in [0.15, 0.2) is 5.78 Å². The van der Waals surface area contributed by atoms with Crippen molar-refractivity contribution >= 4 is 27.8 Å². The minimum atomic E-state index is -5.00. The van der Waals surface area contributed by atoms with Gasteiger partial charge in [0.25, 0.3) is 0 Å². The van der Waals surface area contributed by atoms with Crippen LogP contribution in [0, 0.1) is 11.3 Å². The first kappa shape index (κ1) is 26.7. The molecular formula is C26H29F3N2O4. The van der Waals surface area contributed by atoms with Crippen molar-refractivity contribution in [3.8, 4) is 6.07 Å². The summed E-state index contributed by atoms with van der Waals surface area (Å²) >= 11 is 0. The zero-order valence-corrected chi connectivity index (χ0v) is 19.4. The Hall–Kier alpha value is -2.93. The van der Waals surface area contributed by atoms with Crippen LogP contribution in [0.3, 0.4) is 0 Å². The van der Waals surface area contributed by atoms with Crippen LogP contribution < -0.4 is 4.90 Å². The van der Waals surface area contributed by atoms with Crippen molar-refractivity contribution < 1.29 is 33.3 Å². The first-order valence-electron chi connectivity index (χ1n) is 11.6. The molecule has 3 N–H and O–H groups in total. The maximum atomic E-state index is 14.5. The first-order valence-corrected chi connectivity index (χ1v) is 11.6. The van der Waals surface area contributed by atoms with Gasteiger partial charge in [-0.3, -0.25) is 4.79 Å². The van der Waals surface area contributed by atoms with Crippen molar-refractivity contribution in [1.29, 1.82) is 5.26 Å². The van der Waals surface area contributed by atoms with Crippen LogP contribution in [-0.4, -0.2) is 58.7 Å². The molecule has 0 saturated carbocycles. The number of piperidine rings is 1. The molecule has 3 unspecified atom stereocenters. The Bertz CT molecular complexity index is 1140. The third-order valence-electron chi connectivity index (χ3n) is 6.48. The molecular weight excluding hydrogens is 461 g/mol. The number of carbonyl (C=O) groups excluding carboxylic acids is 1. The van der Waals surface area contributed by atoms with Gasteiger partial charge in [-0.15, -0.1) is 0 Å². The lowest BCUT2D eigenvalue weighted by Gasteiger charge is -2.38. The van der Waals surface area contributed by atoms with Gasteiger partial charge in [-0.2, -0.15) is 18.4 Å². The average molecular weight is 491 g/mol. The summed E-state index contributed by atoms with van der Waals surface area (Å²) in [4.78, 5) is 14.7. The molecule has 1 aliphatic heterocycles. The molecule has 0 bridgehead atoms. The fraction of sp³-hybridized carbons (Fsp3) is 0.462. The molecule has 1 fully saturated rings. The molecule has 2 aromatic carbocycles. The number of alkyl halides is 3. The second-order valence-corrected chi connectivity index (χ2v) is 8.86. The molecule has 0 spiro atoms. The average Bonchev–Trinajstić information content (AvgIpc) is 2.84. The Labute approximate surface area is 201 Å². The minimum absolute atomic E-state index is 0.0286. The minimum Gasteiger partial charge on any atom is -0.394 e. The molecule has 3 atom stereocenters. The maximum Gasteiger partial charge on any atom is 0.418 e. The van der Waals surface area contributed by atoms with Gasteiger partial charge in [0, 0.05) is 30.0 Å². The molecule has 188 valence electrons. The molecule has 1 heterocycles. The zero-order chi connectivity index (χ0) is 25.8. The van der Waals surface area contributed by atoms with Gasteiger partial charge in [-0.25, -0.2) is 0 Å². The van der Waals surface area contributed by atoms with E-state index in [1.807, 2.05) is 11.8 Å². The number of anilines is 1. The predicted octanol–water partition coefficient (Wildman–Crippen LogP) is 4.12. The lowest BCUT2D eigenvalue weighted by molar-refractivity contribution is -0.116. The van der Waals surface area contributed by atoms with E-state index in [0.717, 1.165) is 24.6 Å². The van der Waals surface area contributed by atoms with Gasteiger partial charge in [0.2, 0.25) is 0 Å². The topological polar surface area (TPSA) is 105 Å². The number of halogens is 3. The third-order valence-corrected chi connectivity index (χ3v) is 6.48. The Balaban J connectivity index is 2.20. The Morgan fingerprint density at radius 1 is 1.17 bits per heavy atom. The molecule has 1 saturated heterocycles. The van der Waals surface area contributed by atoms with Crippen LogP contribution in [0.15, 0.2) is 42.0 Å². The summed E-state index contributed by atoms with van der Waals surface area (Å²) in [6, 6.07) is 11.4. The normalized spacial score (nSPS) is 19.1. The van der Waals surface area contributed by atoms with Crippen LogP contribution in [0.25, 0.3) is 16.3 Å². The van der Waals surface area contributed by atoms with E-state index in [-0.39, 0.29) is 11.6 Å². The van der Waals surface area contributed by atoms with Crippen molar-refractivity contribution in [1.82, 2.24) is 0 Å². The number of hydrogen-bond donors (Lipinski definition) is 3. The summed E-state index contributed by atoms with van der Waals surface area (Å²) in [5.41, 5.74) is -2.23. The monoisotopic (exact) mass is 490 g/mol. The van der Waals surface area contributed by atoms with Crippen molar-refractivity contribution in [2.24, 2.45) is 0 Å². The SMILES string of the molecule is CC1CCCCN1c1c(/C(=C(\C#N)C(=O)CCC(O)C(O)CO)C(F)(F)F)ccc2ccccc12. The number of nitrogens with zero attached hydrogens (tertiary/aromatic N) is 2. The van der Waals surface area contributed by atoms with E-state index >= 15 is 0 Å². The molecule has 9 heteroatoms. The molecule has 0 radical (unpaired) electrons. The highest BCUT2D eigenvalue weighted by atomic mass is 19.4. The summed E-state index contributed by atoms with van der Waals surface area (Å²) in [5.74, 6) is -1.09. The smallest absolute Gasteiger partial charge is 0.394 e. The van der Waals surface area contributed by atoms with E-state index in [4.69, 9.17) is 5.11 Å². The number of carbonyl (C=O) groups is 1. The number of allylic oxidation sites excluding steroid dienone is 2. The zero-order valence-electron chi connectivity index (χ0n) is 19.4. The summed E-state index contributed by atoms with van der Waals surface area (Å²) < 4.78 is 43.6. The van der Waals surface area contributed by atoms with Crippen LogP contribution in [-0.2, 0) is 4.79 Å². The number of ketones is 1. The number of benzene rings is 2. The van der Waals surface area contributed by atoms with Gasteiger partial charge in [-0.05, 0) is 38.0 Å². The molecule has 0 aromatic heterocycles. The van der Waals surface area contributed by atoms with E-state index in [1.165, 1.54) is 12.1 Å². The van der Waals surface area contributed by atoms with E-state index < -0.39 is 54.8 Å². The molecule has 0 amide bonds. The summed E-state index contributed by atoms with van der Waals surface area (Å²) in [7, 11) is 0. The maximum absolute atomic E-state index is 14.5. The lowest BCUT2D eigenvalue weighted by Crippen LogP contribution is -2.38. The standard InChI is InChI=1S/C26H29F3N2O4/c1-16-6-4-5-13-31(16)25-18-8-3-2-7-17(18)9-10-19(25)24(26(27,28)29)20(14-30)21(33)11-12-22(34)23(35)15-32/h2-3,7-10,16,22-23,32,34-35H,4-6,11-13,15H2,1H3/b24-20-. The number of hydrogen-bond acceptors (Lipinski definition) is 6. The molecule has 2 aromatic rings.